The molecule has 0 fully saturated rings. The van der Waals surface area contributed by atoms with Crippen molar-refractivity contribution in [3.8, 4) is 0 Å². The third kappa shape index (κ3) is 4.03. The fourth-order valence-electron chi connectivity index (χ4n) is 2.07. The Morgan fingerprint density at radius 3 is 2.76 bits per heavy atom. The minimum absolute atomic E-state index is 0.260. The van der Waals surface area contributed by atoms with Crippen LogP contribution < -0.4 is 10.5 Å². The third-order valence-electron chi connectivity index (χ3n) is 3.19. The summed E-state index contributed by atoms with van der Waals surface area (Å²) in [5.41, 5.74) is 7.89. The molecule has 0 aliphatic rings. The molecule has 0 saturated carbocycles. The van der Waals surface area contributed by atoms with Gasteiger partial charge in [0.05, 0.1) is 4.90 Å². The van der Waals surface area contributed by atoms with E-state index < -0.39 is 10.0 Å². The van der Waals surface area contributed by atoms with Crippen LogP contribution in [0.4, 0.5) is 5.69 Å². The quantitative estimate of drug-likeness (QED) is 0.796. The SMILES string of the molecule is CCc1ccc(N)cc1S(=O)(=O)NCCc1cccnc1. The second kappa shape index (κ2) is 6.69. The summed E-state index contributed by atoms with van der Waals surface area (Å²) < 4.78 is 27.4. The minimum atomic E-state index is -3.55. The van der Waals surface area contributed by atoms with E-state index in [4.69, 9.17) is 5.73 Å². The predicted molar refractivity (Wildman–Crippen MR) is 83.4 cm³/mol. The lowest BCUT2D eigenvalue weighted by molar-refractivity contribution is 0.580. The Bertz CT molecular complexity index is 700. The number of nitrogens with one attached hydrogen (secondary N) is 1. The van der Waals surface area contributed by atoms with Crippen molar-refractivity contribution in [2.24, 2.45) is 0 Å². The molecule has 21 heavy (non-hydrogen) atoms. The topological polar surface area (TPSA) is 85.1 Å². The molecule has 0 aliphatic carbocycles. The maximum Gasteiger partial charge on any atom is 0.240 e. The van der Waals surface area contributed by atoms with Gasteiger partial charge in [0.25, 0.3) is 0 Å². The van der Waals surface area contributed by atoms with Crippen molar-refractivity contribution in [3.05, 3.63) is 53.9 Å². The van der Waals surface area contributed by atoms with Gasteiger partial charge >= 0.3 is 0 Å². The van der Waals surface area contributed by atoms with Gasteiger partial charge in [0.2, 0.25) is 10.0 Å². The summed E-state index contributed by atoms with van der Waals surface area (Å²) in [6, 6.07) is 8.72. The van der Waals surface area contributed by atoms with Crippen LogP contribution in [0.15, 0.2) is 47.6 Å². The van der Waals surface area contributed by atoms with Crippen LogP contribution in [0.25, 0.3) is 0 Å². The number of benzene rings is 1. The summed E-state index contributed by atoms with van der Waals surface area (Å²) >= 11 is 0. The van der Waals surface area contributed by atoms with Gasteiger partial charge in [0.15, 0.2) is 0 Å². The predicted octanol–water partition coefficient (Wildman–Crippen LogP) is 1.75. The van der Waals surface area contributed by atoms with Crippen LogP contribution in [0.1, 0.15) is 18.1 Å². The van der Waals surface area contributed by atoms with E-state index in [1.807, 2.05) is 19.1 Å². The summed E-state index contributed by atoms with van der Waals surface area (Å²) in [6.07, 6.45) is 4.65. The molecule has 0 aliphatic heterocycles. The molecule has 1 heterocycles. The first-order valence-corrected chi connectivity index (χ1v) is 8.28. The molecular formula is C15H19N3O2S. The van der Waals surface area contributed by atoms with Crippen molar-refractivity contribution in [2.75, 3.05) is 12.3 Å². The van der Waals surface area contributed by atoms with Gasteiger partial charge in [-0.05, 0) is 42.2 Å². The number of hydrogen-bond donors (Lipinski definition) is 2. The molecule has 0 radical (unpaired) electrons. The highest BCUT2D eigenvalue weighted by atomic mass is 32.2. The number of nitrogen functional groups attached to an aromatic ring is 1. The summed E-state index contributed by atoms with van der Waals surface area (Å²) in [6.45, 7) is 2.24. The highest BCUT2D eigenvalue weighted by molar-refractivity contribution is 7.89. The standard InChI is InChI=1S/C15H19N3O2S/c1-2-13-5-6-14(16)10-15(13)21(19,20)18-9-7-12-4-3-8-17-11-12/h3-6,8,10-11,18H,2,7,9,16H2,1H3. The molecule has 3 N–H and O–H groups in total. The number of rotatable bonds is 6. The van der Waals surface area contributed by atoms with E-state index in [1.54, 1.807) is 24.5 Å². The fourth-order valence-corrected chi connectivity index (χ4v) is 3.44. The molecule has 2 aromatic rings. The lowest BCUT2D eigenvalue weighted by Crippen LogP contribution is -2.27. The Morgan fingerprint density at radius 2 is 2.10 bits per heavy atom. The molecule has 1 aromatic carbocycles. The Labute approximate surface area is 125 Å². The molecule has 0 atom stereocenters. The average Bonchev–Trinajstić information content (AvgIpc) is 2.48. The Hall–Kier alpha value is -1.92. The van der Waals surface area contributed by atoms with Crippen LogP contribution in [0.3, 0.4) is 0 Å². The number of pyridine rings is 1. The lowest BCUT2D eigenvalue weighted by atomic mass is 10.1. The highest BCUT2D eigenvalue weighted by Crippen LogP contribution is 2.19. The van der Waals surface area contributed by atoms with Gasteiger partial charge in [-0.1, -0.05) is 19.1 Å². The van der Waals surface area contributed by atoms with Crippen molar-refractivity contribution < 1.29 is 8.42 Å². The summed E-state index contributed by atoms with van der Waals surface area (Å²) in [5, 5.41) is 0. The zero-order valence-electron chi connectivity index (χ0n) is 11.9. The number of aromatic nitrogens is 1. The van der Waals surface area contributed by atoms with Crippen molar-refractivity contribution in [1.29, 1.82) is 0 Å². The third-order valence-corrected chi connectivity index (χ3v) is 4.73. The van der Waals surface area contributed by atoms with Crippen LogP contribution in [-0.4, -0.2) is 19.9 Å². The first kappa shape index (κ1) is 15.5. The molecule has 2 rings (SSSR count). The van der Waals surface area contributed by atoms with Gasteiger partial charge in [-0.3, -0.25) is 4.98 Å². The highest BCUT2D eigenvalue weighted by Gasteiger charge is 2.17. The second-order valence-corrected chi connectivity index (χ2v) is 6.47. The van der Waals surface area contributed by atoms with Gasteiger partial charge in [-0.2, -0.15) is 0 Å². The smallest absolute Gasteiger partial charge is 0.240 e. The molecule has 0 amide bonds. The zero-order valence-corrected chi connectivity index (χ0v) is 12.7. The summed E-state index contributed by atoms with van der Waals surface area (Å²) in [4.78, 5) is 4.26. The molecule has 5 nitrogen and oxygen atoms in total. The van der Waals surface area contributed by atoms with Crippen LogP contribution >= 0.6 is 0 Å². The Morgan fingerprint density at radius 1 is 1.29 bits per heavy atom. The number of sulfonamides is 1. The zero-order chi connectivity index (χ0) is 15.3. The number of nitrogens with two attached hydrogens (primary N) is 1. The average molecular weight is 305 g/mol. The maximum atomic E-state index is 12.4. The first-order valence-electron chi connectivity index (χ1n) is 6.80. The molecule has 112 valence electrons. The number of aryl methyl sites for hydroxylation is 1. The first-order chi connectivity index (χ1) is 10.0. The largest absolute Gasteiger partial charge is 0.399 e. The molecule has 1 aromatic heterocycles. The van der Waals surface area contributed by atoms with Gasteiger partial charge in [-0.25, -0.2) is 13.1 Å². The number of nitrogens with zero attached hydrogens (tertiary/aromatic N) is 1. The van der Waals surface area contributed by atoms with Gasteiger partial charge in [-0.15, -0.1) is 0 Å². The molecule has 0 bridgehead atoms. The van der Waals surface area contributed by atoms with Crippen LogP contribution in [-0.2, 0) is 22.9 Å². The molecular weight excluding hydrogens is 286 g/mol. The van der Waals surface area contributed by atoms with Gasteiger partial charge < -0.3 is 5.73 Å². The van der Waals surface area contributed by atoms with Crippen molar-refractivity contribution in [3.63, 3.8) is 0 Å². The monoisotopic (exact) mass is 305 g/mol. The Balaban J connectivity index is 2.10. The fraction of sp³-hybridized carbons (Fsp3) is 0.267. The van der Waals surface area contributed by atoms with Crippen LogP contribution in [0.5, 0.6) is 0 Å². The summed E-state index contributed by atoms with van der Waals surface area (Å²) in [7, 11) is -3.55. The van der Waals surface area contributed by atoms with Crippen LogP contribution in [0.2, 0.25) is 0 Å². The van der Waals surface area contributed by atoms with Crippen LogP contribution in [0, 0.1) is 0 Å². The molecule has 6 heteroatoms. The van der Waals surface area contributed by atoms with E-state index in [-0.39, 0.29) is 4.90 Å². The van der Waals surface area contributed by atoms with E-state index in [0.29, 0.717) is 25.1 Å². The van der Waals surface area contributed by atoms with Gasteiger partial charge in [0, 0.05) is 24.6 Å². The molecule has 0 spiro atoms. The van der Waals surface area contributed by atoms with Gasteiger partial charge in [0.1, 0.15) is 0 Å². The summed E-state index contributed by atoms with van der Waals surface area (Å²) in [5.74, 6) is 0. The van der Waals surface area contributed by atoms with E-state index in [2.05, 4.69) is 9.71 Å². The van der Waals surface area contributed by atoms with E-state index in [1.165, 1.54) is 6.07 Å². The molecule has 0 unspecified atom stereocenters. The van der Waals surface area contributed by atoms with Crippen molar-refractivity contribution in [2.45, 2.75) is 24.7 Å². The number of hydrogen-bond acceptors (Lipinski definition) is 4. The lowest BCUT2D eigenvalue weighted by Gasteiger charge is -2.11. The normalized spacial score (nSPS) is 11.5. The van der Waals surface area contributed by atoms with E-state index in [0.717, 1.165) is 11.1 Å². The number of anilines is 1. The maximum absolute atomic E-state index is 12.4. The van der Waals surface area contributed by atoms with E-state index in [9.17, 15) is 8.42 Å². The van der Waals surface area contributed by atoms with Crippen molar-refractivity contribution in [1.82, 2.24) is 9.71 Å². The van der Waals surface area contributed by atoms with E-state index >= 15 is 0 Å². The van der Waals surface area contributed by atoms with Crippen molar-refractivity contribution >= 4 is 15.7 Å². The molecule has 0 saturated heterocycles. The Kier molecular flexibility index (Phi) is 4.93. The second-order valence-electron chi connectivity index (χ2n) is 4.73. The minimum Gasteiger partial charge on any atom is -0.399 e.